The van der Waals surface area contributed by atoms with Gasteiger partial charge in [0.1, 0.15) is 17.3 Å². The molecule has 3 aromatic rings. The molecule has 0 saturated carbocycles. The summed E-state index contributed by atoms with van der Waals surface area (Å²) in [5.41, 5.74) is 4.42. The van der Waals surface area contributed by atoms with Gasteiger partial charge >= 0.3 is 0 Å². The Morgan fingerprint density at radius 3 is 2.52 bits per heavy atom. The molecule has 0 aliphatic carbocycles. The van der Waals surface area contributed by atoms with Gasteiger partial charge in [0, 0.05) is 19.8 Å². The van der Waals surface area contributed by atoms with E-state index in [1.165, 1.54) is 13.5 Å². The zero-order valence-electron chi connectivity index (χ0n) is 16.7. The molecule has 0 fully saturated rings. The maximum Gasteiger partial charge on any atom is 0.213 e. The predicted octanol–water partition coefficient (Wildman–Crippen LogP) is 4.84. The second kappa shape index (κ2) is 8.80. The third kappa shape index (κ3) is 4.65. The Labute approximate surface area is 169 Å². The molecule has 29 heavy (non-hydrogen) atoms. The van der Waals surface area contributed by atoms with Crippen LogP contribution in [0.3, 0.4) is 0 Å². The number of methoxy groups -OCH3 is 1. The molecule has 8 heteroatoms. The topological polar surface area (TPSA) is 91.2 Å². The molecule has 0 unspecified atom stereocenters. The quantitative estimate of drug-likeness (QED) is 0.344. The van der Waals surface area contributed by atoms with E-state index in [-0.39, 0.29) is 5.82 Å². The predicted molar refractivity (Wildman–Crippen MR) is 113 cm³/mol. The summed E-state index contributed by atoms with van der Waals surface area (Å²) in [6.07, 6.45) is 2.97. The fourth-order valence-electron chi connectivity index (χ4n) is 2.54. The number of aromatic nitrogens is 2. The maximum absolute atomic E-state index is 9.44. The Balaban J connectivity index is 1.96. The first-order valence-corrected chi connectivity index (χ1v) is 8.87. The summed E-state index contributed by atoms with van der Waals surface area (Å²) < 4.78 is 6.54. The van der Waals surface area contributed by atoms with Crippen LogP contribution in [0.25, 0.3) is 5.69 Å². The minimum absolute atomic E-state index is 0.242. The van der Waals surface area contributed by atoms with Crippen molar-refractivity contribution in [1.82, 2.24) is 9.78 Å². The maximum atomic E-state index is 9.44. The summed E-state index contributed by atoms with van der Waals surface area (Å²) in [6, 6.07) is 15.5. The van der Waals surface area contributed by atoms with Crippen LogP contribution in [0.1, 0.15) is 11.1 Å². The van der Waals surface area contributed by atoms with E-state index in [0.29, 0.717) is 16.9 Å². The van der Waals surface area contributed by atoms with Crippen LogP contribution >= 0.6 is 0 Å². The third-order valence-corrected chi connectivity index (χ3v) is 4.14. The molecule has 0 aliphatic heterocycles. The Kier molecular flexibility index (Phi) is 6.00. The lowest BCUT2D eigenvalue weighted by atomic mass is 10.2. The summed E-state index contributed by atoms with van der Waals surface area (Å²) in [6.45, 7) is 2.01. The van der Waals surface area contributed by atoms with E-state index in [1.54, 1.807) is 10.9 Å². The summed E-state index contributed by atoms with van der Waals surface area (Å²) in [5.74, 6) is 0.242. The van der Waals surface area contributed by atoms with E-state index in [2.05, 4.69) is 26.4 Å². The smallest absolute Gasteiger partial charge is 0.213 e. The minimum atomic E-state index is 0.242. The molecule has 0 bridgehead atoms. The van der Waals surface area contributed by atoms with Gasteiger partial charge in [0.2, 0.25) is 5.82 Å². The normalized spacial score (nSPS) is 11.1. The van der Waals surface area contributed by atoms with Gasteiger partial charge < -0.3 is 9.64 Å². The first kappa shape index (κ1) is 19.8. The molecule has 0 spiro atoms. The van der Waals surface area contributed by atoms with E-state index >= 15 is 0 Å². The highest BCUT2D eigenvalue weighted by Crippen LogP contribution is 2.33. The van der Waals surface area contributed by atoms with Crippen LogP contribution in [-0.4, -0.2) is 37.4 Å². The van der Waals surface area contributed by atoms with Crippen LogP contribution in [0.4, 0.5) is 22.9 Å². The summed E-state index contributed by atoms with van der Waals surface area (Å²) in [4.78, 5) is 6.23. The molecule has 0 aliphatic rings. The molecular formula is C21H21N7O. The molecule has 0 amide bonds. The zero-order valence-corrected chi connectivity index (χ0v) is 16.7. The molecule has 1 aromatic heterocycles. The molecule has 0 radical (unpaired) electrons. The number of aliphatic imine (C=N–C) groups is 1. The lowest BCUT2D eigenvalue weighted by Crippen LogP contribution is -2.07. The van der Waals surface area contributed by atoms with Crippen molar-refractivity contribution in [3.63, 3.8) is 0 Å². The van der Waals surface area contributed by atoms with Crippen molar-refractivity contribution in [3.8, 4) is 11.8 Å². The molecule has 0 saturated heterocycles. The van der Waals surface area contributed by atoms with Crippen molar-refractivity contribution in [2.45, 2.75) is 6.92 Å². The highest BCUT2D eigenvalue weighted by atomic mass is 16.5. The average Bonchev–Trinajstić information content (AvgIpc) is 3.14. The fourth-order valence-corrected chi connectivity index (χ4v) is 2.54. The van der Waals surface area contributed by atoms with Gasteiger partial charge in [-0.15, -0.1) is 15.3 Å². The SMILES string of the molecule is CO/C=N\c1cc(N(C)C)ccc1N=Nc1nn(-c2ccc(C)cc2)cc1C#N. The van der Waals surface area contributed by atoms with E-state index < -0.39 is 0 Å². The van der Waals surface area contributed by atoms with E-state index in [9.17, 15) is 5.26 Å². The Bertz CT molecular complexity index is 1090. The molecule has 2 aromatic carbocycles. The lowest BCUT2D eigenvalue weighted by Gasteiger charge is -2.13. The first-order valence-electron chi connectivity index (χ1n) is 8.87. The minimum Gasteiger partial charge on any atom is -0.486 e. The van der Waals surface area contributed by atoms with Crippen molar-refractivity contribution in [3.05, 3.63) is 59.8 Å². The highest BCUT2D eigenvalue weighted by molar-refractivity contribution is 5.72. The number of hydrogen-bond acceptors (Lipinski definition) is 7. The number of hydrogen-bond donors (Lipinski definition) is 0. The van der Waals surface area contributed by atoms with Crippen molar-refractivity contribution < 1.29 is 4.74 Å². The van der Waals surface area contributed by atoms with Gasteiger partial charge in [-0.05, 0) is 37.3 Å². The molecule has 3 rings (SSSR count). The number of anilines is 1. The molecule has 0 atom stereocenters. The van der Waals surface area contributed by atoms with E-state index in [4.69, 9.17) is 4.74 Å². The van der Waals surface area contributed by atoms with Gasteiger partial charge in [0.05, 0.1) is 24.7 Å². The Morgan fingerprint density at radius 2 is 1.86 bits per heavy atom. The Hall–Kier alpha value is -3.99. The van der Waals surface area contributed by atoms with Gasteiger partial charge in [-0.1, -0.05) is 17.7 Å². The number of rotatable bonds is 6. The largest absolute Gasteiger partial charge is 0.486 e. The van der Waals surface area contributed by atoms with Crippen molar-refractivity contribution in [2.24, 2.45) is 15.2 Å². The van der Waals surface area contributed by atoms with E-state index in [0.717, 1.165) is 16.9 Å². The van der Waals surface area contributed by atoms with Crippen molar-refractivity contribution in [1.29, 1.82) is 5.26 Å². The molecule has 1 heterocycles. The van der Waals surface area contributed by atoms with Gasteiger partial charge in [-0.3, -0.25) is 0 Å². The second-order valence-corrected chi connectivity index (χ2v) is 6.50. The first-order chi connectivity index (χ1) is 14.0. The average molecular weight is 387 g/mol. The lowest BCUT2D eigenvalue weighted by molar-refractivity contribution is 0.423. The zero-order chi connectivity index (χ0) is 20.8. The highest BCUT2D eigenvalue weighted by Gasteiger charge is 2.10. The monoisotopic (exact) mass is 387 g/mol. The molecule has 146 valence electrons. The summed E-state index contributed by atoms with van der Waals surface area (Å²) in [7, 11) is 5.41. The van der Waals surface area contributed by atoms with Gasteiger partial charge in [-0.2, -0.15) is 5.26 Å². The standard InChI is InChI=1S/C21H21N7O/c1-15-5-7-17(8-6-15)28-13-16(12-22)21(26-28)25-24-19-10-9-18(27(2)3)11-20(19)23-14-29-4/h5-11,13-14H,1-4H3/b23-14-,25-24?. The van der Waals surface area contributed by atoms with Gasteiger partial charge in [0.15, 0.2) is 6.40 Å². The molecule has 8 nitrogen and oxygen atoms in total. The number of benzene rings is 2. The second-order valence-electron chi connectivity index (χ2n) is 6.50. The van der Waals surface area contributed by atoms with Crippen LogP contribution in [0.15, 0.2) is 63.9 Å². The summed E-state index contributed by atoms with van der Waals surface area (Å²) in [5, 5.41) is 22.3. The number of aryl methyl sites for hydroxylation is 1. The number of azo groups is 1. The van der Waals surface area contributed by atoms with Crippen LogP contribution in [0.5, 0.6) is 0 Å². The van der Waals surface area contributed by atoms with Crippen LogP contribution in [-0.2, 0) is 4.74 Å². The number of ether oxygens (including phenoxy) is 1. The number of nitrogens with zero attached hydrogens (tertiary/aromatic N) is 7. The molecule has 0 N–H and O–H groups in total. The fraction of sp³-hybridized carbons (Fsp3) is 0.190. The van der Waals surface area contributed by atoms with Crippen LogP contribution in [0, 0.1) is 18.3 Å². The summed E-state index contributed by atoms with van der Waals surface area (Å²) >= 11 is 0. The van der Waals surface area contributed by atoms with Crippen molar-refractivity contribution >= 4 is 29.3 Å². The van der Waals surface area contributed by atoms with Gasteiger partial charge in [0.25, 0.3) is 0 Å². The van der Waals surface area contributed by atoms with Crippen LogP contribution in [0.2, 0.25) is 0 Å². The van der Waals surface area contributed by atoms with Crippen LogP contribution < -0.4 is 4.90 Å². The van der Waals surface area contributed by atoms with Gasteiger partial charge in [-0.25, -0.2) is 9.67 Å². The number of nitriles is 1. The van der Waals surface area contributed by atoms with E-state index in [1.807, 2.05) is 68.4 Å². The van der Waals surface area contributed by atoms with Crippen molar-refractivity contribution in [2.75, 3.05) is 26.1 Å². The molecular weight excluding hydrogens is 366 g/mol. The third-order valence-electron chi connectivity index (χ3n) is 4.14. The Morgan fingerprint density at radius 1 is 1.10 bits per heavy atom.